The van der Waals surface area contributed by atoms with E-state index in [1.165, 1.54) is 16.5 Å². The van der Waals surface area contributed by atoms with Crippen molar-refractivity contribution in [1.29, 1.82) is 0 Å². The highest BCUT2D eigenvalue weighted by Crippen LogP contribution is 2.26. The van der Waals surface area contributed by atoms with Gasteiger partial charge in [-0.2, -0.15) is 0 Å². The Morgan fingerprint density at radius 3 is 3.14 bits per heavy atom. The summed E-state index contributed by atoms with van der Waals surface area (Å²) in [6.07, 6.45) is 8.61. The normalized spacial score (nSPS) is 14.3. The molecule has 0 spiro atoms. The van der Waals surface area contributed by atoms with Gasteiger partial charge in [0.25, 0.3) is 0 Å². The third-order valence-corrected chi connectivity index (χ3v) is 2.79. The van der Waals surface area contributed by atoms with Crippen molar-refractivity contribution in [2.24, 2.45) is 0 Å². The number of rotatable bonds is 0. The fourth-order valence-corrected chi connectivity index (χ4v) is 2.10. The number of aromatic nitrogens is 1. The number of fused-ring (bicyclic) bond motifs is 3. The predicted octanol–water partition coefficient (Wildman–Crippen LogP) is 3.19. The van der Waals surface area contributed by atoms with E-state index in [1.54, 1.807) is 0 Å². The maximum Gasteiger partial charge on any atom is 0.0705 e. The predicted molar refractivity (Wildman–Crippen MR) is 59.1 cm³/mol. The molecule has 1 aromatic heterocycles. The minimum atomic E-state index is 1.11. The minimum Gasteiger partial charge on any atom is -0.256 e. The van der Waals surface area contributed by atoms with Crippen molar-refractivity contribution in [2.45, 2.75) is 12.8 Å². The molecular weight excluding hydrogens is 170 g/mol. The Hall–Kier alpha value is -1.63. The molecule has 0 unspecified atom stereocenters. The molecule has 2 aromatic rings. The zero-order valence-corrected chi connectivity index (χ0v) is 7.90. The van der Waals surface area contributed by atoms with Crippen LogP contribution in [0.5, 0.6) is 0 Å². The van der Waals surface area contributed by atoms with Crippen LogP contribution >= 0.6 is 0 Å². The monoisotopic (exact) mass is 181 g/mol. The Bertz CT molecular complexity index is 512. The quantitative estimate of drug-likeness (QED) is 0.608. The van der Waals surface area contributed by atoms with Crippen molar-refractivity contribution in [2.75, 3.05) is 0 Å². The molecule has 0 radical (unpaired) electrons. The van der Waals surface area contributed by atoms with Crippen molar-refractivity contribution in [3.8, 4) is 0 Å². The number of allylic oxidation sites excluding steroid dienone is 1. The maximum atomic E-state index is 4.37. The van der Waals surface area contributed by atoms with Gasteiger partial charge in [0.15, 0.2) is 0 Å². The fraction of sp³-hybridized carbons (Fsp3) is 0.154. The van der Waals surface area contributed by atoms with Gasteiger partial charge in [-0.15, -0.1) is 0 Å². The van der Waals surface area contributed by atoms with Crippen LogP contribution < -0.4 is 0 Å². The van der Waals surface area contributed by atoms with Crippen LogP contribution in [0.3, 0.4) is 0 Å². The van der Waals surface area contributed by atoms with Gasteiger partial charge >= 0.3 is 0 Å². The van der Waals surface area contributed by atoms with Crippen LogP contribution in [0, 0.1) is 0 Å². The highest BCUT2D eigenvalue weighted by molar-refractivity contribution is 5.86. The molecule has 0 saturated carbocycles. The number of aryl methyl sites for hydroxylation is 1. The van der Waals surface area contributed by atoms with Crippen molar-refractivity contribution >= 4 is 17.0 Å². The highest BCUT2D eigenvalue weighted by Gasteiger charge is 2.08. The number of hydrogen-bond donors (Lipinski definition) is 0. The first-order chi connectivity index (χ1) is 6.95. The SMILES string of the molecule is C1=Cc2ccc3ncccc3c2CC1. The van der Waals surface area contributed by atoms with Gasteiger partial charge in [-0.25, -0.2) is 0 Å². The van der Waals surface area contributed by atoms with E-state index in [4.69, 9.17) is 0 Å². The fourth-order valence-electron chi connectivity index (χ4n) is 2.10. The molecule has 1 aliphatic rings. The average Bonchev–Trinajstić information content (AvgIpc) is 2.29. The van der Waals surface area contributed by atoms with Gasteiger partial charge in [0.1, 0.15) is 0 Å². The molecule has 1 aromatic carbocycles. The third kappa shape index (κ3) is 1.06. The minimum absolute atomic E-state index is 1.11. The summed E-state index contributed by atoms with van der Waals surface area (Å²) in [5, 5.41) is 1.31. The Morgan fingerprint density at radius 1 is 1.14 bits per heavy atom. The molecule has 0 atom stereocenters. The van der Waals surface area contributed by atoms with Crippen molar-refractivity contribution in [3.63, 3.8) is 0 Å². The van der Waals surface area contributed by atoms with Gasteiger partial charge in [0, 0.05) is 11.6 Å². The largest absolute Gasteiger partial charge is 0.256 e. The van der Waals surface area contributed by atoms with Gasteiger partial charge < -0.3 is 0 Å². The molecule has 1 heterocycles. The summed E-state index contributed by atoms with van der Waals surface area (Å²) in [6, 6.07) is 8.45. The van der Waals surface area contributed by atoms with Crippen LogP contribution in [0.1, 0.15) is 17.5 Å². The summed E-state index contributed by atoms with van der Waals surface area (Å²) in [5.41, 5.74) is 3.93. The second-order valence-electron chi connectivity index (χ2n) is 3.64. The first kappa shape index (κ1) is 7.74. The zero-order valence-electron chi connectivity index (χ0n) is 7.90. The summed E-state index contributed by atoms with van der Waals surface area (Å²) in [5.74, 6) is 0. The van der Waals surface area contributed by atoms with Gasteiger partial charge in [0.2, 0.25) is 0 Å². The highest BCUT2D eigenvalue weighted by atomic mass is 14.6. The van der Waals surface area contributed by atoms with E-state index < -0.39 is 0 Å². The molecule has 1 heteroatoms. The van der Waals surface area contributed by atoms with E-state index in [0.717, 1.165) is 18.4 Å². The van der Waals surface area contributed by atoms with Crippen LogP contribution in [0.2, 0.25) is 0 Å². The summed E-state index contributed by atoms with van der Waals surface area (Å²) < 4.78 is 0. The lowest BCUT2D eigenvalue weighted by molar-refractivity contribution is 0.996. The zero-order chi connectivity index (χ0) is 9.38. The van der Waals surface area contributed by atoms with Crippen LogP contribution in [0.4, 0.5) is 0 Å². The smallest absolute Gasteiger partial charge is 0.0705 e. The lowest BCUT2D eigenvalue weighted by Crippen LogP contribution is -1.95. The van der Waals surface area contributed by atoms with E-state index in [0.29, 0.717) is 0 Å². The molecule has 14 heavy (non-hydrogen) atoms. The number of hydrogen-bond acceptors (Lipinski definition) is 1. The summed E-state index contributed by atoms with van der Waals surface area (Å²) >= 11 is 0. The molecule has 1 nitrogen and oxygen atoms in total. The molecule has 0 N–H and O–H groups in total. The van der Waals surface area contributed by atoms with Crippen LogP contribution in [-0.4, -0.2) is 4.98 Å². The Morgan fingerprint density at radius 2 is 2.14 bits per heavy atom. The average molecular weight is 181 g/mol. The standard InChI is InChI=1S/C13H11N/c1-2-5-11-10(4-1)7-8-13-12(11)6-3-9-14-13/h1,3-4,6-9H,2,5H2. The van der Waals surface area contributed by atoms with Crippen LogP contribution in [0.25, 0.3) is 17.0 Å². The van der Waals surface area contributed by atoms with E-state index in [2.05, 4.69) is 35.3 Å². The summed E-state index contributed by atoms with van der Waals surface area (Å²) in [4.78, 5) is 4.37. The number of nitrogens with zero attached hydrogens (tertiary/aromatic N) is 1. The summed E-state index contributed by atoms with van der Waals surface area (Å²) in [7, 11) is 0. The molecule has 0 bridgehead atoms. The Labute approximate surface area is 83.1 Å². The Kier molecular flexibility index (Phi) is 1.63. The molecule has 3 rings (SSSR count). The summed E-state index contributed by atoms with van der Waals surface area (Å²) in [6.45, 7) is 0. The lowest BCUT2D eigenvalue weighted by Gasteiger charge is -2.12. The topological polar surface area (TPSA) is 12.9 Å². The van der Waals surface area contributed by atoms with E-state index in [-0.39, 0.29) is 0 Å². The molecule has 0 amide bonds. The van der Waals surface area contributed by atoms with E-state index in [9.17, 15) is 0 Å². The first-order valence-corrected chi connectivity index (χ1v) is 4.98. The number of pyridine rings is 1. The van der Waals surface area contributed by atoms with Gasteiger partial charge in [0.05, 0.1) is 5.52 Å². The number of benzene rings is 1. The third-order valence-electron chi connectivity index (χ3n) is 2.79. The van der Waals surface area contributed by atoms with Crippen molar-refractivity contribution in [3.05, 3.63) is 47.7 Å². The van der Waals surface area contributed by atoms with E-state index >= 15 is 0 Å². The van der Waals surface area contributed by atoms with Crippen LogP contribution in [0.15, 0.2) is 36.5 Å². The van der Waals surface area contributed by atoms with E-state index in [1.807, 2.05) is 12.3 Å². The molecule has 0 saturated heterocycles. The van der Waals surface area contributed by atoms with Crippen molar-refractivity contribution < 1.29 is 0 Å². The van der Waals surface area contributed by atoms with Gasteiger partial charge in [-0.1, -0.05) is 24.3 Å². The molecule has 0 aliphatic heterocycles. The molecular formula is C13H11N. The second kappa shape index (κ2) is 2.95. The molecule has 0 fully saturated rings. The molecule has 68 valence electrons. The Balaban J connectivity index is 2.41. The van der Waals surface area contributed by atoms with Gasteiger partial charge in [-0.05, 0) is 36.1 Å². The van der Waals surface area contributed by atoms with Crippen LogP contribution in [-0.2, 0) is 6.42 Å². The first-order valence-electron chi connectivity index (χ1n) is 4.98. The van der Waals surface area contributed by atoms with Crippen molar-refractivity contribution in [1.82, 2.24) is 4.98 Å². The second-order valence-corrected chi connectivity index (χ2v) is 3.64. The maximum absolute atomic E-state index is 4.37. The lowest BCUT2D eigenvalue weighted by atomic mass is 9.94. The van der Waals surface area contributed by atoms with Gasteiger partial charge in [-0.3, -0.25) is 4.98 Å². The molecule has 1 aliphatic carbocycles.